The van der Waals surface area contributed by atoms with Crippen LogP contribution in [0.4, 0.5) is 5.69 Å². The molecule has 17 heavy (non-hydrogen) atoms. The summed E-state index contributed by atoms with van der Waals surface area (Å²) in [6.07, 6.45) is 0. The second kappa shape index (κ2) is 5.43. The Balaban J connectivity index is 2.97. The van der Waals surface area contributed by atoms with Crippen LogP contribution >= 0.6 is 0 Å². The predicted molar refractivity (Wildman–Crippen MR) is 62.9 cm³/mol. The van der Waals surface area contributed by atoms with Crippen molar-refractivity contribution in [2.75, 3.05) is 6.61 Å². The van der Waals surface area contributed by atoms with Crippen molar-refractivity contribution in [2.24, 2.45) is 0 Å². The number of carbonyl (C=O) groups is 1. The molecule has 0 bridgehead atoms. The van der Waals surface area contributed by atoms with Gasteiger partial charge in [-0.15, -0.1) is 0 Å². The second-order valence-electron chi connectivity index (χ2n) is 3.78. The van der Waals surface area contributed by atoms with E-state index in [1.807, 2.05) is 0 Å². The molecule has 0 fully saturated rings. The molecule has 0 amide bonds. The third kappa shape index (κ3) is 3.03. The second-order valence-corrected chi connectivity index (χ2v) is 3.78. The van der Waals surface area contributed by atoms with Crippen LogP contribution < -0.4 is 0 Å². The molecule has 0 heterocycles. The van der Waals surface area contributed by atoms with Crippen LogP contribution in [0.2, 0.25) is 0 Å². The number of hydrogen-bond donors (Lipinski definition) is 0. The van der Waals surface area contributed by atoms with Crippen LogP contribution in [0, 0.1) is 17.0 Å². The first kappa shape index (κ1) is 13.2. The lowest BCUT2D eigenvalue weighted by Gasteiger charge is -2.11. The molecular formula is C12H15NO4. The number of benzene rings is 1. The minimum absolute atomic E-state index is 0.0600. The standard InChI is InChI=1S/C12H15NO4/c1-4-17-12(14)9(3)10-5-6-11(13(15)16)8(2)7-10/h5-7,9H,4H2,1-3H3. The molecule has 0 saturated heterocycles. The highest BCUT2D eigenvalue weighted by Gasteiger charge is 2.19. The van der Waals surface area contributed by atoms with Crippen molar-refractivity contribution >= 4 is 11.7 Å². The monoisotopic (exact) mass is 237 g/mol. The van der Waals surface area contributed by atoms with Gasteiger partial charge in [0.15, 0.2) is 0 Å². The van der Waals surface area contributed by atoms with Crippen molar-refractivity contribution < 1.29 is 14.5 Å². The molecule has 5 nitrogen and oxygen atoms in total. The van der Waals surface area contributed by atoms with Gasteiger partial charge >= 0.3 is 5.97 Å². The van der Waals surface area contributed by atoms with E-state index in [0.29, 0.717) is 12.2 Å². The van der Waals surface area contributed by atoms with Gasteiger partial charge in [-0.1, -0.05) is 6.07 Å². The Kier molecular flexibility index (Phi) is 4.20. The summed E-state index contributed by atoms with van der Waals surface area (Å²) >= 11 is 0. The zero-order valence-electron chi connectivity index (χ0n) is 10.1. The van der Waals surface area contributed by atoms with E-state index in [4.69, 9.17) is 4.74 Å². The molecule has 1 aromatic rings. The Hall–Kier alpha value is -1.91. The third-order valence-corrected chi connectivity index (χ3v) is 2.56. The molecule has 1 aromatic carbocycles. The van der Waals surface area contributed by atoms with E-state index >= 15 is 0 Å². The lowest BCUT2D eigenvalue weighted by molar-refractivity contribution is -0.385. The first-order chi connectivity index (χ1) is 7.97. The van der Waals surface area contributed by atoms with E-state index in [1.54, 1.807) is 32.9 Å². The van der Waals surface area contributed by atoms with Crippen molar-refractivity contribution in [1.82, 2.24) is 0 Å². The number of nitrogens with zero attached hydrogens (tertiary/aromatic N) is 1. The fourth-order valence-corrected chi connectivity index (χ4v) is 1.56. The number of ether oxygens (including phenoxy) is 1. The Morgan fingerprint density at radius 1 is 1.53 bits per heavy atom. The van der Waals surface area contributed by atoms with Gasteiger partial charge in [0.1, 0.15) is 0 Å². The number of hydrogen-bond acceptors (Lipinski definition) is 4. The van der Waals surface area contributed by atoms with E-state index in [1.165, 1.54) is 6.07 Å². The van der Waals surface area contributed by atoms with Gasteiger partial charge in [-0.2, -0.15) is 0 Å². The maximum Gasteiger partial charge on any atom is 0.313 e. The quantitative estimate of drug-likeness (QED) is 0.458. The molecule has 0 aliphatic rings. The summed E-state index contributed by atoms with van der Waals surface area (Å²) in [7, 11) is 0. The highest BCUT2D eigenvalue weighted by molar-refractivity contribution is 5.77. The molecule has 1 unspecified atom stereocenters. The topological polar surface area (TPSA) is 69.4 Å². The molecule has 92 valence electrons. The molecule has 1 atom stereocenters. The van der Waals surface area contributed by atoms with Gasteiger partial charge in [0.2, 0.25) is 0 Å². The molecule has 0 spiro atoms. The van der Waals surface area contributed by atoms with Crippen molar-refractivity contribution in [3.05, 3.63) is 39.4 Å². The van der Waals surface area contributed by atoms with Crippen LogP contribution in [0.15, 0.2) is 18.2 Å². The number of esters is 1. The van der Waals surface area contributed by atoms with Crippen LogP contribution in [0.1, 0.15) is 30.9 Å². The van der Waals surface area contributed by atoms with Crippen LogP contribution in [-0.2, 0) is 9.53 Å². The normalized spacial score (nSPS) is 11.9. The molecule has 0 aromatic heterocycles. The van der Waals surface area contributed by atoms with Crippen molar-refractivity contribution in [3.8, 4) is 0 Å². The minimum atomic E-state index is -0.436. The van der Waals surface area contributed by atoms with Gasteiger partial charge in [0, 0.05) is 11.6 Å². The van der Waals surface area contributed by atoms with Gasteiger partial charge < -0.3 is 4.74 Å². The van der Waals surface area contributed by atoms with Crippen LogP contribution in [0.3, 0.4) is 0 Å². The number of nitro groups is 1. The summed E-state index contributed by atoms with van der Waals surface area (Å²) in [4.78, 5) is 21.7. The Morgan fingerprint density at radius 2 is 2.18 bits per heavy atom. The third-order valence-electron chi connectivity index (χ3n) is 2.56. The summed E-state index contributed by atoms with van der Waals surface area (Å²) in [6, 6.07) is 4.66. The fraction of sp³-hybridized carbons (Fsp3) is 0.417. The van der Waals surface area contributed by atoms with Gasteiger partial charge in [-0.25, -0.2) is 0 Å². The summed E-state index contributed by atoms with van der Waals surface area (Å²) in [5.41, 5.74) is 1.33. The molecular weight excluding hydrogens is 222 g/mol. The Morgan fingerprint density at radius 3 is 2.65 bits per heavy atom. The lowest BCUT2D eigenvalue weighted by atomic mass is 9.99. The summed E-state index contributed by atoms with van der Waals surface area (Å²) in [5.74, 6) is -0.727. The molecule has 0 aliphatic carbocycles. The largest absolute Gasteiger partial charge is 0.466 e. The van der Waals surface area contributed by atoms with Gasteiger partial charge in [-0.3, -0.25) is 14.9 Å². The van der Waals surface area contributed by atoms with E-state index < -0.39 is 10.8 Å². The first-order valence-electron chi connectivity index (χ1n) is 5.39. The van der Waals surface area contributed by atoms with Crippen LogP contribution in [0.5, 0.6) is 0 Å². The van der Waals surface area contributed by atoms with Gasteiger partial charge in [0.25, 0.3) is 5.69 Å². The summed E-state index contributed by atoms with van der Waals surface area (Å²) in [6.45, 7) is 5.44. The van der Waals surface area contributed by atoms with Crippen molar-refractivity contribution in [1.29, 1.82) is 0 Å². The van der Waals surface area contributed by atoms with Crippen LogP contribution in [-0.4, -0.2) is 17.5 Å². The zero-order chi connectivity index (χ0) is 13.0. The Bertz CT molecular complexity index is 442. The Labute approximate surface area is 99.5 Å². The number of carbonyl (C=O) groups excluding carboxylic acids is 1. The maximum absolute atomic E-state index is 11.5. The predicted octanol–water partition coefficient (Wildman–Crippen LogP) is 2.57. The van der Waals surface area contributed by atoms with E-state index in [9.17, 15) is 14.9 Å². The van der Waals surface area contributed by atoms with Crippen molar-refractivity contribution in [3.63, 3.8) is 0 Å². The van der Waals surface area contributed by atoms with E-state index in [0.717, 1.165) is 5.56 Å². The molecule has 5 heteroatoms. The maximum atomic E-state index is 11.5. The smallest absolute Gasteiger partial charge is 0.313 e. The van der Waals surface area contributed by atoms with E-state index in [2.05, 4.69) is 0 Å². The van der Waals surface area contributed by atoms with Crippen molar-refractivity contribution in [2.45, 2.75) is 26.7 Å². The fourth-order valence-electron chi connectivity index (χ4n) is 1.56. The van der Waals surface area contributed by atoms with Crippen LogP contribution in [0.25, 0.3) is 0 Å². The SMILES string of the molecule is CCOC(=O)C(C)c1ccc([N+](=O)[O-])c(C)c1. The average Bonchev–Trinajstić information content (AvgIpc) is 2.27. The molecule has 0 saturated carbocycles. The average molecular weight is 237 g/mol. The number of rotatable bonds is 4. The molecule has 1 rings (SSSR count). The highest BCUT2D eigenvalue weighted by atomic mass is 16.6. The lowest BCUT2D eigenvalue weighted by Crippen LogP contribution is -2.13. The summed E-state index contributed by atoms with van der Waals surface area (Å²) in [5, 5.41) is 10.7. The van der Waals surface area contributed by atoms with E-state index in [-0.39, 0.29) is 11.7 Å². The zero-order valence-corrected chi connectivity index (χ0v) is 10.1. The number of aryl methyl sites for hydroxylation is 1. The highest BCUT2D eigenvalue weighted by Crippen LogP contribution is 2.24. The minimum Gasteiger partial charge on any atom is -0.466 e. The summed E-state index contributed by atoms with van der Waals surface area (Å²) < 4.78 is 4.90. The first-order valence-corrected chi connectivity index (χ1v) is 5.39. The molecule has 0 radical (unpaired) electrons. The molecule has 0 N–H and O–H groups in total. The number of nitro benzene ring substituents is 1. The van der Waals surface area contributed by atoms with Gasteiger partial charge in [-0.05, 0) is 32.4 Å². The molecule has 0 aliphatic heterocycles. The van der Waals surface area contributed by atoms with Gasteiger partial charge in [0.05, 0.1) is 17.4 Å².